The molecule has 1 unspecified atom stereocenters. The number of pyridine rings is 1. The Bertz CT molecular complexity index is 1530. The first-order chi connectivity index (χ1) is 16.8. The van der Waals surface area contributed by atoms with Crippen LogP contribution in [0.15, 0.2) is 78.9 Å². The fourth-order valence-electron chi connectivity index (χ4n) is 5.60. The van der Waals surface area contributed by atoms with Crippen molar-refractivity contribution < 1.29 is 4.74 Å². The SMILES string of the molecule is Cc1ccc(-c2c3c(nc4sc5c(c24)CCCC5)-c2ccccc2OC3c2ccccc2)cc1. The first-order valence-corrected chi connectivity index (χ1v) is 13.0. The van der Waals surface area contributed by atoms with Gasteiger partial charge in [0.05, 0.1) is 5.69 Å². The lowest BCUT2D eigenvalue weighted by Gasteiger charge is -2.31. The van der Waals surface area contributed by atoms with Crippen LogP contribution in [0.25, 0.3) is 32.6 Å². The Hall–Kier alpha value is -3.43. The molecule has 0 fully saturated rings. The molecule has 5 aromatic rings. The molecule has 34 heavy (non-hydrogen) atoms. The number of aryl methyl sites for hydroxylation is 3. The van der Waals surface area contributed by atoms with Gasteiger partial charge in [-0.3, -0.25) is 0 Å². The standard InChI is InChI=1S/C31H25NOS/c1-19-15-17-20(18-16-19)26-27-23-12-6-8-14-25(23)34-31(27)32-29-22-11-5-7-13-24(22)33-30(28(26)29)21-9-3-2-4-10-21/h2-5,7,9-11,13,15-18,30H,6,8,12,14H2,1H3. The minimum atomic E-state index is -0.196. The van der Waals surface area contributed by atoms with Gasteiger partial charge in [-0.1, -0.05) is 72.3 Å². The van der Waals surface area contributed by atoms with Crippen LogP contribution in [0.4, 0.5) is 0 Å². The summed E-state index contributed by atoms with van der Waals surface area (Å²) in [6, 6.07) is 28.0. The zero-order valence-corrected chi connectivity index (χ0v) is 20.0. The lowest BCUT2D eigenvalue weighted by Crippen LogP contribution is -2.18. The van der Waals surface area contributed by atoms with Gasteiger partial charge in [0, 0.05) is 27.0 Å². The zero-order valence-electron chi connectivity index (χ0n) is 19.2. The Morgan fingerprint density at radius 3 is 2.47 bits per heavy atom. The Morgan fingerprint density at radius 2 is 1.62 bits per heavy atom. The smallest absolute Gasteiger partial charge is 0.152 e. The van der Waals surface area contributed by atoms with E-state index in [0.717, 1.165) is 29.0 Å². The van der Waals surface area contributed by atoms with Crippen LogP contribution in [0, 0.1) is 6.92 Å². The van der Waals surface area contributed by atoms with E-state index in [1.165, 1.54) is 62.2 Å². The molecule has 0 N–H and O–H groups in total. The lowest BCUT2D eigenvalue weighted by atomic mass is 9.84. The quantitative estimate of drug-likeness (QED) is 0.265. The Morgan fingerprint density at radius 1 is 0.853 bits per heavy atom. The van der Waals surface area contributed by atoms with Crippen molar-refractivity contribution in [3.63, 3.8) is 0 Å². The second kappa shape index (κ2) is 7.82. The summed E-state index contributed by atoms with van der Waals surface area (Å²) in [5, 5.41) is 1.35. The number of rotatable bonds is 2. The van der Waals surface area contributed by atoms with Gasteiger partial charge in [0.15, 0.2) is 6.10 Å². The van der Waals surface area contributed by atoms with Gasteiger partial charge in [-0.05, 0) is 61.4 Å². The summed E-state index contributed by atoms with van der Waals surface area (Å²) in [5.41, 5.74) is 9.87. The van der Waals surface area contributed by atoms with Crippen LogP contribution >= 0.6 is 11.3 Å². The summed E-state index contributed by atoms with van der Waals surface area (Å²) in [7, 11) is 0. The predicted molar refractivity (Wildman–Crippen MR) is 141 cm³/mol. The molecule has 3 heterocycles. The Balaban J connectivity index is 1.64. The molecular formula is C31H25NOS. The first-order valence-electron chi connectivity index (χ1n) is 12.1. The fraction of sp³-hybridized carbons (Fsp3) is 0.194. The molecule has 3 aromatic carbocycles. The molecule has 0 bridgehead atoms. The molecule has 0 saturated carbocycles. The molecule has 2 aliphatic rings. The van der Waals surface area contributed by atoms with Crippen molar-refractivity contribution in [1.29, 1.82) is 0 Å². The van der Waals surface area contributed by atoms with Gasteiger partial charge in [-0.2, -0.15) is 0 Å². The largest absolute Gasteiger partial charge is 0.480 e. The zero-order chi connectivity index (χ0) is 22.6. The van der Waals surface area contributed by atoms with E-state index >= 15 is 0 Å². The Labute approximate surface area is 203 Å². The number of hydrogen-bond donors (Lipinski definition) is 0. The summed E-state index contributed by atoms with van der Waals surface area (Å²) >= 11 is 1.90. The van der Waals surface area contributed by atoms with Crippen LogP contribution in [0.1, 0.15) is 46.1 Å². The van der Waals surface area contributed by atoms with Crippen molar-refractivity contribution in [3.8, 4) is 28.1 Å². The molecule has 166 valence electrons. The van der Waals surface area contributed by atoms with Gasteiger partial charge in [0.2, 0.25) is 0 Å². The average molecular weight is 460 g/mol. The molecular weight excluding hydrogens is 434 g/mol. The van der Waals surface area contributed by atoms with Crippen molar-refractivity contribution in [1.82, 2.24) is 4.98 Å². The van der Waals surface area contributed by atoms with E-state index in [4.69, 9.17) is 9.72 Å². The number of nitrogens with zero attached hydrogens (tertiary/aromatic N) is 1. The highest BCUT2D eigenvalue weighted by Gasteiger charge is 2.34. The van der Waals surface area contributed by atoms with Gasteiger partial charge in [0.25, 0.3) is 0 Å². The summed E-state index contributed by atoms with van der Waals surface area (Å²) in [5.74, 6) is 0.909. The van der Waals surface area contributed by atoms with Crippen LogP contribution in [0.2, 0.25) is 0 Å². The Kier molecular flexibility index (Phi) is 4.59. The van der Waals surface area contributed by atoms with Gasteiger partial charge in [-0.15, -0.1) is 11.3 Å². The molecule has 7 rings (SSSR count). The molecule has 0 radical (unpaired) electrons. The highest BCUT2D eigenvalue weighted by atomic mass is 32.1. The van der Waals surface area contributed by atoms with E-state index in [1.807, 2.05) is 11.3 Å². The van der Waals surface area contributed by atoms with E-state index < -0.39 is 0 Å². The molecule has 0 amide bonds. The van der Waals surface area contributed by atoms with Crippen LogP contribution in [0.3, 0.4) is 0 Å². The minimum Gasteiger partial charge on any atom is -0.480 e. The van der Waals surface area contributed by atoms with Gasteiger partial charge in [0.1, 0.15) is 10.6 Å². The summed E-state index contributed by atoms with van der Waals surface area (Å²) < 4.78 is 6.76. The lowest BCUT2D eigenvalue weighted by molar-refractivity contribution is 0.243. The second-order valence-corrected chi connectivity index (χ2v) is 10.5. The van der Waals surface area contributed by atoms with Crippen LogP contribution in [0.5, 0.6) is 5.75 Å². The highest BCUT2D eigenvalue weighted by molar-refractivity contribution is 7.19. The number of fused-ring (bicyclic) bond motifs is 6. The van der Waals surface area contributed by atoms with E-state index in [0.29, 0.717) is 0 Å². The monoisotopic (exact) mass is 459 g/mol. The maximum absolute atomic E-state index is 6.76. The normalized spacial score (nSPS) is 16.4. The predicted octanol–water partition coefficient (Wildman–Crippen LogP) is 8.30. The molecule has 0 saturated heterocycles. The maximum atomic E-state index is 6.76. The topological polar surface area (TPSA) is 22.1 Å². The third kappa shape index (κ3) is 3.04. The average Bonchev–Trinajstić information content (AvgIpc) is 3.26. The summed E-state index contributed by atoms with van der Waals surface area (Å²) in [6.45, 7) is 2.15. The first kappa shape index (κ1) is 20.0. The third-order valence-corrected chi connectivity index (χ3v) is 8.42. The molecule has 3 heteroatoms. The van der Waals surface area contributed by atoms with Crippen molar-refractivity contribution in [2.45, 2.75) is 38.7 Å². The number of thiophene rings is 1. The minimum absolute atomic E-state index is 0.196. The van der Waals surface area contributed by atoms with Crippen LogP contribution < -0.4 is 4.74 Å². The van der Waals surface area contributed by atoms with Gasteiger partial charge in [-0.25, -0.2) is 4.98 Å². The number of para-hydroxylation sites is 1. The van der Waals surface area contributed by atoms with Crippen LogP contribution in [-0.2, 0) is 12.8 Å². The van der Waals surface area contributed by atoms with Crippen molar-refractivity contribution >= 4 is 21.6 Å². The van der Waals surface area contributed by atoms with Gasteiger partial charge < -0.3 is 4.74 Å². The molecule has 1 aliphatic carbocycles. The molecule has 2 aromatic heterocycles. The molecule has 1 atom stereocenters. The van der Waals surface area contributed by atoms with Crippen molar-refractivity contribution in [2.24, 2.45) is 0 Å². The van der Waals surface area contributed by atoms with Crippen molar-refractivity contribution in [3.05, 3.63) is 106 Å². The van der Waals surface area contributed by atoms with Crippen LogP contribution in [-0.4, -0.2) is 4.98 Å². The molecule has 0 spiro atoms. The maximum Gasteiger partial charge on any atom is 0.152 e. The summed E-state index contributed by atoms with van der Waals surface area (Å²) in [6.07, 6.45) is 4.65. The molecule has 2 nitrogen and oxygen atoms in total. The van der Waals surface area contributed by atoms with E-state index in [1.54, 1.807) is 0 Å². The van der Waals surface area contributed by atoms with E-state index in [9.17, 15) is 0 Å². The number of benzene rings is 3. The van der Waals surface area contributed by atoms with Gasteiger partial charge >= 0.3 is 0 Å². The van der Waals surface area contributed by atoms with E-state index in [-0.39, 0.29) is 6.10 Å². The summed E-state index contributed by atoms with van der Waals surface area (Å²) in [4.78, 5) is 8.07. The second-order valence-electron chi connectivity index (χ2n) is 9.41. The number of aromatic nitrogens is 1. The third-order valence-electron chi connectivity index (χ3n) is 7.23. The van der Waals surface area contributed by atoms with E-state index in [2.05, 4.69) is 85.8 Å². The van der Waals surface area contributed by atoms with Crippen molar-refractivity contribution in [2.75, 3.05) is 0 Å². The number of hydrogen-bond acceptors (Lipinski definition) is 3. The highest BCUT2D eigenvalue weighted by Crippen LogP contribution is 2.52. The fourth-order valence-corrected chi connectivity index (χ4v) is 6.87. The molecule has 1 aliphatic heterocycles. The number of ether oxygens (including phenoxy) is 1.